The maximum atomic E-state index is 13.4. The predicted molar refractivity (Wildman–Crippen MR) is 138 cm³/mol. The van der Waals surface area contributed by atoms with Crippen LogP contribution in [-0.2, 0) is 23.2 Å². The molecule has 10 heteroatoms. The van der Waals surface area contributed by atoms with Crippen molar-refractivity contribution in [1.29, 1.82) is 0 Å². The average molecular weight is 539 g/mol. The predicted octanol–water partition coefficient (Wildman–Crippen LogP) is 5.98. The zero-order chi connectivity index (χ0) is 27.1. The van der Waals surface area contributed by atoms with Gasteiger partial charge in [-0.1, -0.05) is 36.4 Å². The van der Waals surface area contributed by atoms with Crippen LogP contribution < -0.4 is 14.2 Å². The quantitative estimate of drug-likeness (QED) is 0.265. The third-order valence-electron chi connectivity index (χ3n) is 5.50. The normalized spacial score (nSPS) is 11.0. The number of carbonyl (C=O) groups is 1. The highest BCUT2D eigenvalue weighted by atomic mass is 32.2. The van der Waals surface area contributed by atoms with E-state index >= 15 is 0 Å². The Labute approximate surface area is 219 Å². The van der Waals surface area contributed by atoms with Gasteiger partial charge in [-0.25, -0.2) is 13.6 Å². The first-order valence-electron chi connectivity index (χ1n) is 11.5. The lowest BCUT2D eigenvalue weighted by atomic mass is 10.1. The zero-order valence-electron chi connectivity index (χ0n) is 20.3. The van der Waals surface area contributed by atoms with E-state index in [9.17, 15) is 22.0 Å². The summed E-state index contributed by atoms with van der Waals surface area (Å²) in [5.74, 6) is -0.466. The van der Waals surface area contributed by atoms with E-state index in [4.69, 9.17) is 8.92 Å². The van der Waals surface area contributed by atoms with Gasteiger partial charge in [0, 0.05) is 13.1 Å². The van der Waals surface area contributed by atoms with Gasteiger partial charge in [-0.3, -0.25) is 0 Å². The maximum Gasteiger partial charge on any atom is 0.339 e. The SMILES string of the molecule is COc1ccccc1NC(=O)N(Cc1ccc(F)cc1)Cc1cccc(OS(=O)(=O)c2ccc(F)cc2)c1. The van der Waals surface area contributed by atoms with Crippen molar-refractivity contribution in [3.05, 3.63) is 120 Å². The summed E-state index contributed by atoms with van der Waals surface area (Å²) >= 11 is 0. The number of ether oxygens (including phenoxy) is 1. The molecule has 0 bridgehead atoms. The maximum absolute atomic E-state index is 13.4. The Hall–Kier alpha value is -4.44. The van der Waals surface area contributed by atoms with E-state index in [1.54, 1.807) is 48.5 Å². The lowest BCUT2D eigenvalue weighted by Crippen LogP contribution is -2.34. The lowest BCUT2D eigenvalue weighted by Gasteiger charge is -2.24. The molecule has 4 aromatic carbocycles. The minimum absolute atomic E-state index is 0.0266. The Balaban J connectivity index is 1.57. The molecule has 38 heavy (non-hydrogen) atoms. The van der Waals surface area contributed by atoms with Gasteiger partial charge in [-0.2, -0.15) is 8.42 Å². The molecule has 0 aliphatic heterocycles. The van der Waals surface area contributed by atoms with Gasteiger partial charge in [-0.15, -0.1) is 0 Å². The fraction of sp³-hybridized carbons (Fsp3) is 0.107. The van der Waals surface area contributed by atoms with Crippen molar-refractivity contribution in [2.45, 2.75) is 18.0 Å². The van der Waals surface area contributed by atoms with Crippen molar-refractivity contribution in [2.24, 2.45) is 0 Å². The van der Waals surface area contributed by atoms with Gasteiger partial charge < -0.3 is 19.1 Å². The third kappa shape index (κ3) is 6.86. The van der Waals surface area contributed by atoms with Crippen LogP contribution in [0.2, 0.25) is 0 Å². The lowest BCUT2D eigenvalue weighted by molar-refractivity contribution is 0.206. The van der Waals surface area contributed by atoms with E-state index in [-0.39, 0.29) is 23.7 Å². The fourth-order valence-electron chi connectivity index (χ4n) is 3.64. The summed E-state index contributed by atoms with van der Waals surface area (Å²) in [5.41, 5.74) is 1.73. The van der Waals surface area contributed by atoms with Crippen molar-refractivity contribution < 1.29 is 30.9 Å². The van der Waals surface area contributed by atoms with E-state index in [1.165, 1.54) is 36.3 Å². The molecule has 0 fully saturated rings. The summed E-state index contributed by atoms with van der Waals surface area (Å²) < 4.78 is 62.4. The van der Waals surface area contributed by atoms with Crippen LogP contribution in [0.4, 0.5) is 19.3 Å². The zero-order valence-corrected chi connectivity index (χ0v) is 21.1. The fourth-order valence-corrected chi connectivity index (χ4v) is 4.57. The van der Waals surface area contributed by atoms with Gasteiger partial charge in [0.2, 0.25) is 0 Å². The van der Waals surface area contributed by atoms with E-state index in [0.29, 0.717) is 22.6 Å². The summed E-state index contributed by atoms with van der Waals surface area (Å²) in [6, 6.07) is 22.8. The minimum Gasteiger partial charge on any atom is -0.495 e. The second-order valence-electron chi connectivity index (χ2n) is 8.25. The Morgan fingerprint density at radius 3 is 2.13 bits per heavy atom. The number of nitrogens with zero attached hydrogens (tertiary/aromatic N) is 1. The molecular formula is C28H24F2N2O5S. The first-order valence-corrected chi connectivity index (χ1v) is 12.9. The molecule has 0 aliphatic rings. The van der Waals surface area contributed by atoms with Crippen molar-refractivity contribution in [1.82, 2.24) is 4.90 Å². The van der Waals surface area contributed by atoms with E-state index in [2.05, 4.69) is 5.32 Å². The third-order valence-corrected chi connectivity index (χ3v) is 6.76. The first-order chi connectivity index (χ1) is 18.2. The molecule has 0 heterocycles. The molecule has 196 valence electrons. The van der Waals surface area contributed by atoms with Crippen molar-refractivity contribution in [3.8, 4) is 11.5 Å². The molecule has 0 spiro atoms. The second-order valence-corrected chi connectivity index (χ2v) is 9.80. The van der Waals surface area contributed by atoms with Crippen molar-refractivity contribution in [2.75, 3.05) is 12.4 Å². The molecule has 4 aromatic rings. The summed E-state index contributed by atoms with van der Waals surface area (Å²) in [5, 5.41) is 2.82. The summed E-state index contributed by atoms with van der Waals surface area (Å²) in [6.07, 6.45) is 0. The number of benzene rings is 4. The van der Waals surface area contributed by atoms with Crippen LogP contribution in [0.1, 0.15) is 11.1 Å². The number of halogens is 2. The van der Waals surface area contributed by atoms with Crippen LogP contribution in [-0.4, -0.2) is 26.5 Å². The number of carbonyl (C=O) groups excluding carboxylic acids is 1. The Morgan fingerprint density at radius 2 is 1.45 bits per heavy atom. The van der Waals surface area contributed by atoms with Crippen molar-refractivity contribution in [3.63, 3.8) is 0 Å². The topological polar surface area (TPSA) is 84.9 Å². The second kappa shape index (κ2) is 11.7. The summed E-state index contributed by atoms with van der Waals surface area (Å²) in [6.45, 7) is 0.215. The van der Waals surface area contributed by atoms with Gasteiger partial charge in [0.15, 0.2) is 0 Å². The Morgan fingerprint density at radius 1 is 0.816 bits per heavy atom. The summed E-state index contributed by atoms with van der Waals surface area (Å²) in [4.78, 5) is 14.6. The first kappa shape index (κ1) is 26.6. The highest BCUT2D eigenvalue weighted by Gasteiger charge is 2.19. The van der Waals surface area contributed by atoms with E-state index in [0.717, 1.165) is 24.3 Å². The largest absolute Gasteiger partial charge is 0.495 e. The molecule has 1 N–H and O–H groups in total. The number of urea groups is 1. The minimum atomic E-state index is -4.20. The van der Waals surface area contributed by atoms with E-state index in [1.807, 2.05) is 0 Å². The molecule has 0 radical (unpaired) electrons. The van der Waals surface area contributed by atoms with Gasteiger partial charge in [0.25, 0.3) is 0 Å². The molecule has 4 rings (SSSR count). The Kier molecular flexibility index (Phi) is 8.22. The van der Waals surface area contributed by atoms with Crippen LogP contribution in [0.15, 0.2) is 102 Å². The van der Waals surface area contributed by atoms with Gasteiger partial charge in [0.1, 0.15) is 28.0 Å². The molecule has 0 unspecified atom stereocenters. The number of anilines is 1. The Bertz CT molecular complexity index is 1510. The number of nitrogens with one attached hydrogen (secondary N) is 1. The van der Waals surface area contributed by atoms with Gasteiger partial charge in [0.05, 0.1) is 12.8 Å². The smallest absolute Gasteiger partial charge is 0.339 e. The molecule has 0 atom stereocenters. The number of hydrogen-bond acceptors (Lipinski definition) is 5. The van der Waals surface area contributed by atoms with Crippen LogP contribution in [0.25, 0.3) is 0 Å². The molecule has 7 nitrogen and oxygen atoms in total. The van der Waals surface area contributed by atoms with Gasteiger partial charge >= 0.3 is 16.1 Å². The van der Waals surface area contributed by atoms with Crippen LogP contribution >= 0.6 is 0 Å². The van der Waals surface area contributed by atoms with Crippen LogP contribution in [0.5, 0.6) is 11.5 Å². The number of rotatable bonds is 9. The molecule has 0 aliphatic carbocycles. The molecule has 0 aromatic heterocycles. The van der Waals surface area contributed by atoms with Crippen LogP contribution in [0, 0.1) is 11.6 Å². The number of methoxy groups -OCH3 is 1. The molecular weight excluding hydrogens is 514 g/mol. The number of amides is 2. The average Bonchev–Trinajstić information content (AvgIpc) is 2.90. The standard InChI is InChI=1S/C28H24F2N2O5S/c1-36-27-8-3-2-7-26(27)31-28(33)32(18-20-9-11-22(29)12-10-20)19-21-5-4-6-24(17-21)37-38(34,35)25-15-13-23(30)14-16-25/h2-17H,18-19H2,1H3,(H,31,33). The summed E-state index contributed by atoms with van der Waals surface area (Å²) in [7, 11) is -2.71. The monoisotopic (exact) mass is 538 g/mol. The number of para-hydroxylation sites is 2. The molecule has 0 saturated carbocycles. The number of hydrogen-bond donors (Lipinski definition) is 1. The highest BCUT2D eigenvalue weighted by Crippen LogP contribution is 2.25. The highest BCUT2D eigenvalue weighted by molar-refractivity contribution is 7.87. The van der Waals surface area contributed by atoms with Crippen molar-refractivity contribution >= 4 is 21.8 Å². The van der Waals surface area contributed by atoms with Gasteiger partial charge in [-0.05, 0) is 71.8 Å². The van der Waals surface area contributed by atoms with Crippen LogP contribution in [0.3, 0.4) is 0 Å². The molecule has 0 saturated heterocycles. The molecule has 2 amide bonds. The van der Waals surface area contributed by atoms with E-state index < -0.39 is 27.8 Å².